The van der Waals surface area contributed by atoms with Crippen LogP contribution in [-0.4, -0.2) is 12.0 Å². The molecular formula is C24H16Cl3NO4. The van der Waals surface area contributed by atoms with Gasteiger partial charge in [0.1, 0.15) is 11.3 Å². The van der Waals surface area contributed by atoms with Crippen molar-refractivity contribution >= 4 is 57.4 Å². The lowest BCUT2D eigenvalue weighted by molar-refractivity contribution is -0.122. The van der Waals surface area contributed by atoms with Crippen molar-refractivity contribution in [3.63, 3.8) is 0 Å². The lowest BCUT2D eigenvalue weighted by Crippen LogP contribution is -2.30. The summed E-state index contributed by atoms with van der Waals surface area (Å²) in [6, 6.07) is 18.6. The molecule has 1 aromatic heterocycles. The van der Waals surface area contributed by atoms with Crippen molar-refractivity contribution in [2.75, 3.05) is 5.32 Å². The second-order valence-electron chi connectivity index (χ2n) is 7.00. The van der Waals surface area contributed by atoms with Crippen molar-refractivity contribution < 1.29 is 13.9 Å². The minimum Gasteiger partial charge on any atom is -0.479 e. The van der Waals surface area contributed by atoms with Crippen LogP contribution < -0.4 is 15.7 Å². The molecule has 4 rings (SSSR count). The van der Waals surface area contributed by atoms with Gasteiger partial charge < -0.3 is 14.5 Å². The van der Waals surface area contributed by atoms with Crippen molar-refractivity contribution in [3.05, 3.63) is 92.2 Å². The van der Waals surface area contributed by atoms with Crippen LogP contribution in [0.2, 0.25) is 15.1 Å². The second kappa shape index (κ2) is 9.25. The summed E-state index contributed by atoms with van der Waals surface area (Å²) in [5.41, 5.74) is 1.29. The number of hydrogen-bond donors (Lipinski definition) is 1. The highest BCUT2D eigenvalue weighted by molar-refractivity contribution is 6.35. The fraction of sp³-hybridized carbons (Fsp3) is 0.0833. The summed E-state index contributed by atoms with van der Waals surface area (Å²) in [7, 11) is 0. The fourth-order valence-corrected chi connectivity index (χ4v) is 3.86. The Kier molecular flexibility index (Phi) is 6.42. The highest BCUT2D eigenvalue weighted by Crippen LogP contribution is 2.31. The van der Waals surface area contributed by atoms with Gasteiger partial charge in [-0.2, -0.15) is 0 Å². The first kappa shape index (κ1) is 22.2. The molecule has 1 heterocycles. The monoisotopic (exact) mass is 487 g/mol. The van der Waals surface area contributed by atoms with Gasteiger partial charge in [-0.1, -0.05) is 59.1 Å². The van der Waals surface area contributed by atoms with Crippen LogP contribution >= 0.6 is 34.8 Å². The van der Waals surface area contributed by atoms with E-state index in [1.165, 1.54) is 6.07 Å². The van der Waals surface area contributed by atoms with Gasteiger partial charge in [-0.15, -0.1) is 0 Å². The molecule has 0 radical (unpaired) electrons. The van der Waals surface area contributed by atoms with E-state index in [2.05, 4.69) is 5.32 Å². The molecule has 1 atom stereocenters. The molecule has 0 unspecified atom stereocenters. The Balaban J connectivity index is 1.53. The minimum absolute atomic E-state index is 0.291. The molecule has 0 aliphatic rings. The Morgan fingerprint density at radius 3 is 2.47 bits per heavy atom. The van der Waals surface area contributed by atoms with E-state index < -0.39 is 17.6 Å². The lowest BCUT2D eigenvalue weighted by Gasteiger charge is -2.16. The molecule has 0 fully saturated rings. The Bertz CT molecular complexity index is 1380. The first-order valence-corrected chi connectivity index (χ1v) is 10.7. The average molecular weight is 489 g/mol. The third kappa shape index (κ3) is 4.75. The lowest BCUT2D eigenvalue weighted by atomic mass is 10.1. The third-order valence-electron chi connectivity index (χ3n) is 4.74. The summed E-state index contributed by atoms with van der Waals surface area (Å²) < 4.78 is 11.0. The van der Waals surface area contributed by atoms with Crippen molar-refractivity contribution in [1.82, 2.24) is 0 Å². The topological polar surface area (TPSA) is 68.5 Å². The summed E-state index contributed by atoms with van der Waals surface area (Å²) in [5, 5.41) is 4.58. The van der Waals surface area contributed by atoms with Crippen LogP contribution in [0.25, 0.3) is 22.1 Å². The number of halogens is 3. The molecule has 0 aliphatic carbocycles. The predicted octanol–water partition coefficient (Wildman–Crippen LogP) is 6.83. The van der Waals surface area contributed by atoms with Crippen LogP contribution in [0.3, 0.4) is 0 Å². The van der Waals surface area contributed by atoms with Crippen LogP contribution in [0.15, 0.2) is 75.9 Å². The largest absolute Gasteiger partial charge is 0.479 e. The molecule has 8 heteroatoms. The van der Waals surface area contributed by atoms with Crippen LogP contribution in [0, 0.1) is 0 Å². The number of benzene rings is 3. The number of carbonyl (C=O) groups excluding carboxylic acids is 1. The zero-order valence-corrected chi connectivity index (χ0v) is 19.0. The molecule has 4 aromatic rings. The summed E-state index contributed by atoms with van der Waals surface area (Å²) in [6.07, 6.45) is -0.834. The summed E-state index contributed by atoms with van der Waals surface area (Å²) in [6.45, 7) is 1.59. The number of para-hydroxylation sites is 1. The van der Waals surface area contributed by atoms with Crippen molar-refractivity contribution in [3.8, 4) is 16.9 Å². The third-order valence-corrected chi connectivity index (χ3v) is 5.58. The highest BCUT2D eigenvalue weighted by Gasteiger charge is 2.18. The number of nitrogens with one attached hydrogen (secondary N) is 1. The number of rotatable bonds is 5. The van der Waals surface area contributed by atoms with E-state index in [-0.39, 0.29) is 0 Å². The smallest absolute Gasteiger partial charge is 0.344 e. The first-order valence-electron chi connectivity index (χ1n) is 9.57. The first-order chi connectivity index (χ1) is 15.3. The van der Waals surface area contributed by atoms with Gasteiger partial charge in [0.15, 0.2) is 6.10 Å². The summed E-state index contributed by atoms with van der Waals surface area (Å²) in [4.78, 5) is 25.0. The van der Waals surface area contributed by atoms with E-state index in [0.29, 0.717) is 43.2 Å². The van der Waals surface area contributed by atoms with E-state index in [0.717, 1.165) is 5.39 Å². The number of anilines is 1. The van der Waals surface area contributed by atoms with Crippen molar-refractivity contribution in [2.45, 2.75) is 13.0 Å². The van der Waals surface area contributed by atoms with Gasteiger partial charge in [-0.3, -0.25) is 4.79 Å². The molecule has 0 bridgehead atoms. The molecule has 1 N–H and O–H groups in total. The molecule has 0 saturated carbocycles. The van der Waals surface area contributed by atoms with Crippen molar-refractivity contribution in [1.29, 1.82) is 0 Å². The summed E-state index contributed by atoms with van der Waals surface area (Å²) >= 11 is 18.4. The number of carbonyl (C=O) groups is 1. The Labute approximate surface area is 198 Å². The molecule has 0 aliphatic heterocycles. The SMILES string of the molecule is C[C@H](Oc1ccc(Cl)cc1Cl)C(=O)Nc1ccc(-c2cc3ccccc3oc2=O)c(Cl)c1. The minimum atomic E-state index is -0.834. The molecule has 162 valence electrons. The molecule has 1 amide bonds. The van der Waals surface area contributed by atoms with Gasteiger partial charge >= 0.3 is 5.63 Å². The Morgan fingerprint density at radius 1 is 0.938 bits per heavy atom. The van der Waals surface area contributed by atoms with E-state index in [1.54, 1.807) is 55.5 Å². The number of ether oxygens (including phenoxy) is 1. The fourth-order valence-electron chi connectivity index (χ4n) is 3.12. The van der Waals surface area contributed by atoms with E-state index in [9.17, 15) is 9.59 Å². The van der Waals surface area contributed by atoms with Gasteiger partial charge in [-0.25, -0.2) is 4.79 Å². The van der Waals surface area contributed by atoms with Crippen molar-refractivity contribution in [2.24, 2.45) is 0 Å². The van der Waals surface area contributed by atoms with Gasteiger partial charge in [0.25, 0.3) is 5.91 Å². The molecule has 3 aromatic carbocycles. The van der Waals surface area contributed by atoms with Crippen LogP contribution in [0.5, 0.6) is 5.75 Å². The zero-order chi connectivity index (χ0) is 22.8. The molecular weight excluding hydrogens is 473 g/mol. The molecule has 32 heavy (non-hydrogen) atoms. The van der Waals surface area contributed by atoms with E-state index in [4.69, 9.17) is 44.0 Å². The van der Waals surface area contributed by atoms with Crippen LogP contribution in [-0.2, 0) is 4.79 Å². The second-order valence-corrected chi connectivity index (χ2v) is 8.25. The summed E-state index contributed by atoms with van der Waals surface area (Å²) in [5.74, 6) is -0.0554. The standard InChI is InChI=1S/C24H16Cl3NO4/c1-13(31-22-9-6-15(25)11-20(22)27)23(29)28-16-7-8-17(19(26)12-16)18-10-14-4-2-3-5-21(14)32-24(18)30/h2-13H,1H3,(H,28,29)/t13-/m0/s1. The normalized spacial score (nSPS) is 11.9. The van der Waals surface area contributed by atoms with E-state index >= 15 is 0 Å². The maximum Gasteiger partial charge on any atom is 0.344 e. The molecule has 5 nitrogen and oxygen atoms in total. The Hall–Kier alpha value is -2.99. The maximum atomic E-state index is 12.5. The zero-order valence-electron chi connectivity index (χ0n) is 16.7. The Morgan fingerprint density at radius 2 is 1.72 bits per heavy atom. The van der Waals surface area contributed by atoms with Gasteiger partial charge in [-0.05, 0) is 49.4 Å². The predicted molar refractivity (Wildman–Crippen MR) is 128 cm³/mol. The molecule has 0 saturated heterocycles. The number of amides is 1. The quantitative estimate of drug-likeness (QED) is 0.313. The van der Waals surface area contributed by atoms with Gasteiger partial charge in [0.2, 0.25) is 0 Å². The van der Waals surface area contributed by atoms with Crippen LogP contribution in [0.1, 0.15) is 6.92 Å². The van der Waals surface area contributed by atoms with Crippen LogP contribution in [0.4, 0.5) is 5.69 Å². The van der Waals surface area contributed by atoms with Gasteiger partial charge in [0, 0.05) is 21.7 Å². The van der Waals surface area contributed by atoms with E-state index in [1.807, 2.05) is 12.1 Å². The molecule has 0 spiro atoms. The maximum absolute atomic E-state index is 12.5. The number of hydrogen-bond acceptors (Lipinski definition) is 4. The highest BCUT2D eigenvalue weighted by atomic mass is 35.5. The average Bonchev–Trinajstić information content (AvgIpc) is 2.75. The van der Waals surface area contributed by atoms with Gasteiger partial charge in [0.05, 0.1) is 15.6 Å². The number of fused-ring (bicyclic) bond motifs is 1.